The highest BCUT2D eigenvalue weighted by Gasteiger charge is 2.08. The molecule has 0 aliphatic carbocycles. The first kappa shape index (κ1) is 11.7. The summed E-state index contributed by atoms with van der Waals surface area (Å²) in [5.74, 6) is 0. The number of hydrogen-bond acceptors (Lipinski definition) is 2. The first-order valence-corrected chi connectivity index (χ1v) is 5.91. The van der Waals surface area contributed by atoms with E-state index in [1.165, 1.54) is 57.6 Å². The molecule has 0 aromatic carbocycles. The second-order valence-corrected chi connectivity index (χ2v) is 4.22. The van der Waals surface area contributed by atoms with Gasteiger partial charge >= 0.3 is 0 Å². The van der Waals surface area contributed by atoms with Gasteiger partial charge in [-0.15, -0.1) is 0 Å². The summed E-state index contributed by atoms with van der Waals surface area (Å²) < 4.78 is 0. The van der Waals surface area contributed by atoms with E-state index >= 15 is 0 Å². The van der Waals surface area contributed by atoms with Crippen molar-refractivity contribution in [2.75, 3.05) is 32.7 Å². The average Bonchev–Trinajstić information content (AvgIpc) is 2.18. The van der Waals surface area contributed by atoms with Gasteiger partial charge in [0.2, 0.25) is 0 Å². The van der Waals surface area contributed by atoms with E-state index < -0.39 is 0 Å². The lowest BCUT2D eigenvalue weighted by Crippen LogP contribution is -2.32. The van der Waals surface area contributed by atoms with Crippen molar-refractivity contribution in [1.82, 2.24) is 10.2 Å². The number of rotatable bonds is 6. The number of hydrogen-bond donors (Lipinski definition) is 1. The molecule has 1 aliphatic rings. The molecule has 0 spiro atoms. The lowest BCUT2D eigenvalue weighted by Gasteiger charge is -2.25. The summed E-state index contributed by atoms with van der Waals surface area (Å²) in [6.45, 7) is 10.5. The summed E-state index contributed by atoms with van der Waals surface area (Å²) >= 11 is 0. The van der Waals surface area contributed by atoms with E-state index in [1.807, 2.05) is 0 Å². The van der Waals surface area contributed by atoms with Crippen LogP contribution in [0.5, 0.6) is 0 Å². The molecule has 1 aliphatic heterocycles. The minimum Gasteiger partial charge on any atom is -0.317 e. The Hall–Kier alpha value is -0.340. The van der Waals surface area contributed by atoms with Gasteiger partial charge in [-0.3, -0.25) is 4.90 Å². The van der Waals surface area contributed by atoms with Crippen LogP contribution in [0.25, 0.3) is 0 Å². The Balaban J connectivity index is 1.99. The molecule has 0 bridgehead atoms. The second kappa shape index (κ2) is 7.02. The van der Waals surface area contributed by atoms with Crippen molar-refractivity contribution >= 4 is 0 Å². The predicted molar refractivity (Wildman–Crippen MR) is 62.6 cm³/mol. The van der Waals surface area contributed by atoms with Crippen molar-refractivity contribution in [1.29, 1.82) is 0 Å². The number of nitrogens with one attached hydrogen (secondary N) is 1. The first-order valence-electron chi connectivity index (χ1n) is 5.91. The van der Waals surface area contributed by atoms with Gasteiger partial charge in [-0.25, -0.2) is 0 Å². The molecule has 0 saturated heterocycles. The Morgan fingerprint density at radius 3 is 3.00 bits per heavy atom. The molecule has 0 fully saturated rings. The summed E-state index contributed by atoms with van der Waals surface area (Å²) in [6, 6.07) is 0. The molecular weight excluding hydrogens is 172 g/mol. The molecule has 2 nitrogen and oxygen atoms in total. The van der Waals surface area contributed by atoms with Gasteiger partial charge in [0.15, 0.2) is 0 Å². The van der Waals surface area contributed by atoms with Gasteiger partial charge < -0.3 is 5.32 Å². The Bertz CT molecular complexity index is 175. The summed E-state index contributed by atoms with van der Waals surface area (Å²) in [4.78, 5) is 2.56. The van der Waals surface area contributed by atoms with Crippen LogP contribution >= 0.6 is 0 Å². The summed E-state index contributed by atoms with van der Waals surface area (Å²) in [7, 11) is 0. The lowest BCUT2D eigenvalue weighted by atomic mass is 10.1. The molecule has 0 aromatic heterocycles. The van der Waals surface area contributed by atoms with Crippen LogP contribution in [0.15, 0.2) is 11.6 Å². The summed E-state index contributed by atoms with van der Waals surface area (Å²) in [6.07, 6.45) is 6.14. The van der Waals surface area contributed by atoms with Gasteiger partial charge in [-0.1, -0.05) is 18.6 Å². The van der Waals surface area contributed by atoms with E-state index in [0.717, 1.165) is 0 Å². The van der Waals surface area contributed by atoms with E-state index in [0.29, 0.717) is 0 Å². The topological polar surface area (TPSA) is 15.3 Å². The lowest BCUT2D eigenvalue weighted by molar-refractivity contribution is 0.285. The maximum atomic E-state index is 3.44. The smallest absolute Gasteiger partial charge is 0.0190 e. The maximum Gasteiger partial charge on any atom is 0.0190 e. The van der Waals surface area contributed by atoms with Crippen molar-refractivity contribution in [3.05, 3.63) is 11.6 Å². The molecule has 14 heavy (non-hydrogen) atoms. The van der Waals surface area contributed by atoms with Crippen molar-refractivity contribution in [3.8, 4) is 0 Å². The molecule has 1 rings (SSSR count). The summed E-state index contributed by atoms with van der Waals surface area (Å²) in [5.41, 5.74) is 1.54. The highest BCUT2D eigenvalue weighted by molar-refractivity contribution is 5.04. The van der Waals surface area contributed by atoms with Crippen LogP contribution < -0.4 is 5.32 Å². The number of nitrogens with zero attached hydrogens (tertiary/aromatic N) is 1. The zero-order valence-electron chi connectivity index (χ0n) is 9.68. The molecule has 0 saturated carbocycles. The third-order valence-electron chi connectivity index (χ3n) is 2.67. The third kappa shape index (κ3) is 4.77. The molecular formula is C12H24N2. The Morgan fingerprint density at radius 2 is 2.29 bits per heavy atom. The molecule has 0 aromatic rings. The standard InChI is InChI=1S/C12H24N2/c1-3-7-13-8-5-10-14-9-4-6-12(2)11-14/h6,13H,3-5,7-11H2,1-2H3. The average molecular weight is 196 g/mol. The largest absolute Gasteiger partial charge is 0.317 e. The Morgan fingerprint density at radius 1 is 1.43 bits per heavy atom. The normalized spacial score (nSPS) is 18.3. The van der Waals surface area contributed by atoms with Crippen molar-refractivity contribution in [3.63, 3.8) is 0 Å². The van der Waals surface area contributed by atoms with E-state index in [2.05, 4.69) is 30.1 Å². The van der Waals surface area contributed by atoms with Crippen LogP contribution in [-0.4, -0.2) is 37.6 Å². The molecule has 2 heteroatoms. The highest BCUT2D eigenvalue weighted by atomic mass is 15.1. The molecule has 1 heterocycles. The van der Waals surface area contributed by atoms with Crippen LogP contribution in [0, 0.1) is 0 Å². The van der Waals surface area contributed by atoms with Gasteiger partial charge in [-0.2, -0.15) is 0 Å². The van der Waals surface area contributed by atoms with Crippen LogP contribution in [0.4, 0.5) is 0 Å². The monoisotopic (exact) mass is 196 g/mol. The third-order valence-corrected chi connectivity index (χ3v) is 2.67. The van der Waals surface area contributed by atoms with Crippen LogP contribution in [0.2, 0.25) is 0 Å². The second-order valence-electron chi connectivity index (χ2n) is 4.22. The SMILES string of the molecule is CCCNCCCN1CCC=C(C)C1. The minimum atomic E-state index is 1.17. The Labute approximate surface area is 88.4 Å². The van der Waals surface area contributed by atoms with Crippen LogP contribution in [-0.2, 0) is 0 Å². The van der Waals surface area contributed by atoms with Crippen LogP contribution in [0.1, 0.15) is 33.1 Å². The Kier molecular flexibility index (Phi) is 5.88. The minimum absolute atomic E-state index is 1.17. The van der Waals surface area contributed by atoms with Gasteiger partial charge in [-0.05, 0) is 45.8 Å². The molecule has 0 amide bonds. The van der Waals surface area contributed by atoms with Crippen molar-refractivity contribution in [2.24, 2.45) is 0 Å². The predicted octanol–water partition coefficient (Wildman–Crippen LogP) is 2.03. The maximum absolute atomic E-state index is 3.44. The van der Waals surface area contributed by atoms with Crippen LogP contribution in [0.3, 0.4) is 0 Å². The molecule has 0 unspecified atom stereocenters. The molecule has 0 atom stereocenters. The van der Waals surface area contributed by atoms with Gasteiger partial charge in [0.25, 0.3) is 0 Å². The van der Waals surface area contributed by atoms with Crippen molar-refractivity contribution in [2.45, 2.75) is 33.1 Å². The zero-order chi connectivity index (χ0) is 10.2. The molecule has 0 radical (unpaired) electrons. The fraction of sp³-hybridized carbons (Fsp3) is 0.833. The molecule has 82 valence electrons. The highest BCUT2D eigenvalue weighted by Crippen LogP contribution is 2.08. The van der Waals surface area contributed by atoms with E-state index in [9.17, 15) is 0 Å². The quantitative estimate of drug-likeness (QED) is 0.516. The van der Waals surface area contributed by atoms with Gasteiger partial charge in [0.1, 0.15) is 0 Å². The van der Waals surface area contributed by atoms with E-state index in [1.54, 1.807) is 0 Å². The first-order chi connectivity index (χ1) is 6.83. The fourth-order valence-corrected chi connectivity index (χ4v) is 1.91. The van der Waals surface area contributed by atoms with E-state index in [-0.39, 0.29) is 0 Å². The van der Waals surface area contributed by atoms with Gasteiger partial charge in [0.05, 0.1) is 0 Å². The fourth-order valence-electron chi connectivity index (χ4n) is 1.91. The van der Waals surface area contributed by atoms with E-state index in [4.69, 9.17) is 0 Å². The van der Waals surface area contributed by atoms with Gasteiger partial charge in [0, 0.05) is 13.1 Å². The summed E-state index contributed by atoms with van der Waals surface area (Å²) in [5, 5.41) is 3.44. The molecule has 1 N–H and O–H groups in total. The zero-order valence-corrected chi connectivity index (χ0v) is 9.68. The van der Waals surface area contributed by atoms with Crippen molar-refractivity contribution < 1.29 is 0 Å².